The predicted molar refractivity (Wildman–Crippen MR) is 54.7 cm³/mol. The van der Waals surface area contributed by atoms with Crippen LogP contribution in [0.15, 0.2) is 30.6 Å². The van der Waals surface area contributed by atoms with E-state index in [1.807, 2.05) is 0 Å². The Hall–Kier alpha value is -2.84. The molecule has 0 spiro atoms. The Bertz CT molecular complexity index is 580. The summed E-state index contributed by atoms with van der Waals surface area (Å²) < 4.78 is 1.27. The average Bonchev–Trinajstić information content (AvgIpc) is 2.81. The van der Waals surface area contributed by atoms with Crippen LogP contribution in [0.5, 0.6) is 0 Å². The third-order valence-electron chi connectivity index (χ3n) is 2.04. The SMILES string of the molecule is O=[N+]([O-])c1ccc(-n2ccnn2)cc1[N+](=O)[O-]. The van der Waals surface area contributed by atoms with Gasteiger partial charge >= 0.3 is 11.4 Å². The van der Waals surface area contributed by atoms with Crippen molar-refractivity contribution in [1.82, 2.24) is 15.0 Å². The first-order valence-electron chi connectivity index (χ1n) is 4.39. The summed E-state index contributed by atoms with van der Waals surface area (Å²) in [7, 11) is 0. The summed E-state index contributed by atoms with van der Waals surface area (Å²) in [6, 6.07) is 3.50. The molecule has 0 radical (unpaired) electrons. The molecule has 0 aliphatic rings. The van der Waals surface area contributed by atoms with Crippen LogP contribution in [-0.4, -0.2) is 24.8 Å². The quantitative estimate of drug-likeness (QED) is 0.580. The number of benzene rings is 1. The Morgan fingerprint density at radius 1 is 1.12 bits per heavy atom. The molecular formula is C8H5N5O4. The lowest BCUT2D eigenvalue weighted by molar-refractivity contribution is -0.422. The van der Waals surface area contributed by atoms with E-state index in [0.717, 1.165) is 12.1 Å². The molecule has 0 aliphatic carbocycles. The highest BCUT2D eigenvalue weighted by Gasteiger charge is 2.24. The largest absolute Gasteiger partial charge is 0.348 e. The van der Waals surface area contributed by atoms with Crippen LogP contribution >= 0.6 is 0 Å². The summed E-state index contributed by atoms with van der Waals surface area (Å²) in [5, 5.41) is 28.5. The molecule has 1 heterocycles. The molecule has 0 atom stereocenters. The fourth-order valence-electron chi connectivity index (χ4n) is 1.30. The molecule has 1 aromatic carbocycles. The Kier molecular flexibility index (Phi) is 2.49. The Labute approximate surface area is 93.6 Å². The molecule has 0 amide bonds. The number of nitro groups is 2. The molecule has 9 heteroatoms. The summed E-state index contributed by atoms with van der Waals surface area (Å²) >= 11 is 0. The lowest BCUT2D eigenvalue weighted by Gasteiger charge is -2.00. The zero-order chi connectivity index (χ0) is 12.4. The second kappa shape index (κ2) is 3.96. The summed E-state index contributed by atoms with van der Waals surface area (Å²) in [5.41, 5.74) is -0.804. The maximum Gasteiger partial charge on any atom is 0.348 e. The Morgan fingerprint density at radius 2 is 1.82 bits per heavy atom. The van der Waals surface area contributed by atoms with Crippen molar-refractivity contribution < 1.29 is 9.85 Å². The van der Waals surface area contributed by atoms with Crippen molar-refractivity contribution in [3.8, 4) is 5.69 Å². The molecule has 86 valence electrons. The number of nitro benzene ring substituents is 2. The molecule has 1 aromatic heterocycles. The third-order valence-corrected chi connectivity index (χ3v) is 2.04. The van der Waals surface area contributed by atoms with Gasteiger partial charge in [0.1, 0.15) is 0 Å². The molecule has 17 heavy (non-hydrogen) atoms. The van der Waals surface area contributed by atoms with E-state index in [1.165, 1.54) is 23.1 Å². The van der Waals surface area contributed by atoms with E-state index in [2.05, 4.69) is 10.3 Å². The van der Waals surface area contributed by atoms with Crippen LogP contribution in [0.1, 0.15) is 0 Å². The molecular weight excluding hydrogens is 230 g/mol. The maximum absolute atomic E-state index is 10.7. The first kappa shape index (κ1) is 10.7. The van der Waals surface area contributed by atoms with Crippen LogP contribution in [0.3, 0.4) is 0 Å². The second-order valence-electron chi connectivity index (χ2n) is 3.03. The molecule has 0 fully saturated rings. The lowest BCUT2D eigenvalue weighted by atomic mass is 10.2. The first-order chi connectivity index (χ1) is 8.09. The normalized spacial score (nSPS) is 10.1. The Morgan fingerprint density at radius 3 is 2.35 bits per heavy atom. The molecule has 2 rings (SSSR count). The van der Waals surface area contributed by atoms with E-state index >= 15 is 0 Å². The van der Waals surface area contributed by atoms with Gasteiger partial charge in [-0.05, 0) is 6.07 Å². The van der Waals surface area contributed by atoms with E-state index in [4.69, 9.17) is 0 Å². The van der Waals surface area contributed by atoms with Gasteiger partial charge in [0, 0.05) is 12.1 Å². The van der Waals surface area contributed by atoms with Crippen LogP contribution in [-0.2, 0) is 0 Å². The van der Waals surface area contributed by atoms with Gasteiger partial charge in [-0.1, -0.05) is 5.21 Å². The number of aromatic nitrogens is 3. The smallest absolute Gasteiger partial charge is 0.258 e. The van der Waals surface area contributed by atoms with Gasteiger partial charge in [-0.15, -0.1) is 5.10 Å². The van der Waals surface area contributed by atoms with E-state index in [1.54, 1.807) is 0 Å². The fourth-order valence-corrected chi connectivity index (χ4v) is 1.30. The van der Waals surface area contributed by atoms with Crippen molar-refractivity contribution in [2.45, 2.75) is 0 Å². The minimum absolute atomic E-state index is 0.333. The van der Waals surface area contributed by atoms with Crippen molar-refractivity contribution in [2.75, 3.05) is 0 Å². The van der Waals surface area contributed by atoms with Gasteiger partial charge in [-0.25, -0.2) is 4.68 Å². The zero-order valence-electron chi connectivity index (χ0n) is 8.26. The highest BCUT2D eigenvalue weighted by molar-refractivity contribution is 5.57. The highest BCUT2D eigenvalue weighted by atomic mass is 16.6. The number of nitrogens with zero attached hydrogens (tertiary/aromatic N) is 5. The van der Waals surface area contributed by atoms with Crippen LogP contribution in [0, 0.1) is 20.2 Å². The van der Waals surface area contributed by atoms with E-state index in [-0.39, 0.29) is 0 Å². The van der Waals surface area contributed by atoms with Crippen molar-refractivity contribution in [3.63, 3.8) is 0 Å². The highest BCUT2D eigenvalue weighted by Crippen LogP contribution is 2.28. The van der Waals surface area contributed by atoms with E-state index < -0.39 is 21.2 Å². The van der Waals surface area contributed by atoms with Gasteiger partial charge in [-0.3, -0.25) is 20.2 Å². The molecule has 0 N–H and O–H groups in total. The summed E-state index contributed by atoms with van der Waals surface area (Å²) in [4.78, 5) is 19.7. The van der Waals surface area contributed by atoms with E-state index in [9.17, 15) is 20.2 Å². The van der Waals surface area contributed by atoms with Crippen LogP contribution in [0.4, 0.5) is 11.4 Å². The average molecular weight is 235 g/mol. The zero-order valence-corrected chi connectivity index (χ0v) is 8.26. The summed E-state index contributed by atoms with van der Waals surface area (Å²) in [5.74, 6) is 0. The monoisotopic (exact) mass is 235 g/mol. The summed E-state index contributed by atoms with van der Waals surface area (Å²) in [6.07, 6.45) is 2.87. The molecule has 0 aliphatic heterocycles. The second-order valence-corrected chi connectivity index (χ2v) is 3.03. The number of rotatable bonds is 3. The van der Waals surface area contributed by atoms with Gasteiger partial charge in [0.15, 0.2) is 0 Å². The molecule has 0 saturated carbocycles. The standard InChI is InChI=1S/C8H5N5O4/c14-12(15)7-2-1-6(5-8(7)13(16)17)11-4-3-9-10-11/h1-5H. The number of hydrogen-bond donors (Lipinski definition) is 0. The van der Waals surface area contributed by atoms with Gasteiger partial charge in [0.05, 0.1) is 27.9 Å². The Balaban J connectivity index is 2.57. The van der Waals surface area contributed by atoms with Crippen molar-refractivity contribution in [1.29, 1.82) is 0 Å². The van der Waals surface area contributed by atoms with Crippen LogP contribution in [0.25, 0.3) is 5.69 Å². The maximum atomic E-state index is 10.7. The fraction of sp³-hybridized carbons (Fsp3) is 0. The minimum atomic E-state index is -0.807. The van der Waals surface area contributed by atoms with Crippen LogP contribution in [0.2, 0.25) is 0 Å². The predicted octanol–water partition coefficient (Wildman–Crippen LogP) is 1.08. The molecule has 0 saturated heterocycles. The van der Waals surface area contributed by atoms with Gasteiger partial charge in [0.25, 0.3) is 0 Å². The van der Waals surface area contributed by atoms with Crippen molar-refractivity contribution in [3.05, 3.63) is 50.8 Å². The van der Waals surface area contributed by atoms with Gasteiger partial charge in [-0.2, -0.15) is 0 Å². The lowest BCUT2D eigenvalue weighted by Crippen LogP contribution is -2.00. The van der Waals surface area contributed by atoms with Crippen LogP contribution < -0.4 is 0 Å². The topological polar surface area (TPSA) is 117 Å². The van der Waals surface area contributed by atoms with Gasteiger partial charge in [0.2, 0.25) is 0 Å². The van der Waals surface area contributed by atoms with Crippen molar-refractivity contribution >= 4 is 11.4 Å². The molecule has 0 bridgehead atoms. The third kappa shape index (κ3) is 1.93. The number of hydrogen-bond acceptors (Lipinski definition) is 6. The molecule has 0 unspecified atom stereocenters. The van der Waals surface area contributed by atoms with E-state index in [0.29, 0.717) is 5.69 Å². The van der Waals surface area contributed by atoms with Crippen molar-refractivity contribution in [2.24, 2.45) is 0 Å². The summed E-state index contributed by atoms with van der Waals surface area (Å²) in [6.45, 7) is 0. The minimum Gasteiger partial charge on any atom is -0.258 e. The molecule has 2 aromatic rings. The first-order valence-corrected chi connectivity index (χ1v) is 4.39. The molecule has 9 nitrogen and oxygen atoms in total. The van der Waals surface area contributed by atoms with Gasteiger partial charge < -0.3 is 0 Å².